The van der Waals surface area contributed by atoms with Crippen LogP contribution >= 0.6 is 0 Å². The average molecular weight is 348 g/mol. The first kappa shape index (κ1) is 19.7. The number of hydrogen-bond donors (Lipinski definition) is 2. The quantitative estimate of drug-likeness (QED) is 0.546. The Kier molecular flexibility index (Phi) is 8.72. The number of benzene rings is 1. The number of nitrogens with zero attached hydrogens (tertiary/aromatic N) is 3. The van der Waals surface area contributed by atoms with Crippen molar-refractivity contribution in [1.82, 2.24) is 20.4 Å². The zero-order valence-electron chi connectivity index (χ0n) is 15.9. The Bertz CT molecular complexity index is 500. The highest BCUT2D eigenvalue weighted by Crippen LogP contribution is 2.17. The highest BCUT2D eigenvalue weighted by Gasteiger charge is 2.14. The van der Waals surface area contributed by atoms with Crippen LogP contribution in [-0.4, -0.2) is 82.3 Å². The van der Waals surface area contributed by atoms with E-state index in [0.717, 1.165) is 58.4 Å². The van der Waals surface area contributed by atoms with Gasteiger partial charge < -0.3 is 20.3 Å². The summed E-state index contributed by atoms with van der Waals surface area (Å²) in [6.45, 7) is 9.32. The van der Waals surface area contributed by atoms with Crippen molar-refractivity contribution >= 4 is 5.96 Å². The van der Waals surface area contributed by atoms with Gasteiger partial charge in [-0.2, -0.15) is 0 Å². The molecule has 25 heavy (non-hydrogen) atoms. The van der Waals surface area contributed by atoms with E-state index in [1.165, 1.54) is 5.56 Å². The van der Waals surface area contributed by atoms with Crippen LogP contribution in [0.1, 0.15) is 18.5 Å². The van der Waals surface area contributed by atoms with E-state index in [2.05, 4.69) is 71.8 Å². The molecule has 0 aromatic heterocycles. The van der Waals surface area contributed by atoms with Crippen molar-refractivity contribution in [3.05, 3.63) is 35.9 Å². The molecule has 140 valence electrons. The summed E-state index contributed by atoms with van der Waals surface area (Å²) in [5.41, 5.74) is 1.29. The van der Waals surface area contributed by atoms with Gasteiger partial charge in [-0.15, -0.1) is 0 Å². The van der Waals surface area contributed by atoms with Crippen LogP contribution in [0, 0.1) is 0 Å². The number of ether oxygens (including phenoxy) is 1. The second-order valence-corrected chi connectivity index (χ2v) is 6.49. The van der Waals surface area contributed by atoms with E-state index in [9.17, 15) is 0 Å². The van der Waals surface area contributed by atoms with E-state index in [4.69, 9.17) is 9.73 Å². The van der Waals surface area contributed by atoms with Gasteiger partial charge in [0.2, 0.25) is 0 Å². The highest BCUT2D eigenvalue weighted by atomic mass is 16.5. The minimum Gasteiger partial charge on any atom is -0.379 e. The largest absolute Gasteiger partial charge is 0.379 e. The third-order valence-electron chi connectivity index (χ3n) is 4.40. The zero-order chi connectivity index (χ0) is 17.9. The first-order valence-electron chi connectivity index (χ1n) is 9.24. The SMILES string of the molecule is CCNC(=NCC(c1ccccc1)N(C)C)NCCN1CCOCC1. The lowest BCUT2D eigenvalue weighted by atomic mass is 10.1. The molecule has 0 aliphatic carbocycles. The van der Waals surface area contributed by atoms with Crippen LogP contribution in [0.4, 0.5) is 0 Å². The lowest BCUT2D eigenvalue weighted by molar-refractivity contribution is 0.0389. The summed E-state index contributed by atoms with van der Waals surface area (Å²) in [6, 6.07) is 10.8. The Balaban J connectivity index is 1.88. The molecule has 2 N–H and O–H groups in total. The van der Waals surface area contributed by atoms with Crippen LogP contribution in [0.25, 0.3) is 0 Å². The molecule has 6 nitrogen and oxygen atoms in total. The Labute approximate surface area is 152 Å². The molecular weight excluding hydrogens is 314 g/mol. The summed E-state index contributed by atoms with van der Waals surface area (Å²) >= 11 is 0. The number of nitrogens with one attached hydrogen (secondary N) is 2. The van der Waals surface area contributed by atoms with Gasteiger partial charge in [0.05, 0.1) is 25.8 Å². The fourth-order valence-corrected chi connectivity index (χ4v) is 2.92. The normalized spacial score (nSPS) is 17.5. The molecule has 6 heteroatoms. The molecule has 1 aromatic carbocycles. The van der Waals surface area contributed by atoms with Gasteiger partial charge in [-0.05, 0) is 26.6 Å². The minimum atomic E-state index is 0.274. The molecule has 1 heterocycles. The Morgan fingerprint density at radius 2 is 1.92 bits per heavy atom. The maximum atomic E-state index is 5.39. The fraction of sp³-hybridized carbons (Fsp3) is 0.632. The number of guanidine groups is 1. The van der Waals surface area contributed by atoms with E-state index in [1.54, 1.807) is 0 Å². The average Bonchev–Trinajstić information content (AvgIpc) is 2.63. The smallest absolute Gasteiger partial charge is 0.191 e. The van der Waals surface area contributed by atoms with Crippen molar-refractivity contribution in [1.29, 1.82) is 0 Å². The van der Waals surface area contributed by atoms with Crippen molar-refractivity contribution < 1.29 is 4.74 Å². The van der Waals surface area contributed by atoms with Crippen LogP contribution < -0.4 is 10.6 Å². The molecule has 2 rings (SSSR count). The lowest BCUT2D eigenvalue weighted by Crippen LogP contribution is -2.44. The van der Waals surface area contributed by atoms with Gasteiger partial charge in [0.1, 0.15) is 0 Å². The number of aliphatic imine (C=N–C) groups is 1. The van der Waals surface area contributed by atoms with E-state index >= 15 is 0 Å². The topological polar surface area (TPSA) is 52.1 Å². The van der Waals surface area contributed by atoms with Crippen molar-refractivity contribution in [3.8, 4) is 0 Å². The number of hydrogen-bond acceptors (Lipinski definition) is 4. The van der Waals surface area contributed by atoms with Crippen molar-refractivity contribution in [2.75, 3.05) is 66.6 Å². The van der Waals surface area contributed by atoms with Gasteiger partial charge in [-0.3, -0.25) is 9.89 Å². The van der Waals surface area contributed by atoms with Crippen LogP contribution in [0.2, 0.25) is 0 Å². The fourth-order valence-electron chi connectivity index (χ4n) is 2.92. The minimum absolute atomic E-state index is 0.274. The molecule has 1 fully saturated rings. The summed E-state index contributed by atoms with van der Waals surface area (Å²) in [5, 5.41) is 6.79. The predicted molar refractivity (Wildman–Crippen MR) is 104 cm³/mol. The highest BCUT2D eigenvalue weighted by molar-refractivity contribution is 5.79. The molecule has 1 aliphatic rings. The third kappa shape index (κ3) is 7.02. The summed E-state index contributed by atoms with van der Waals surface area (Å²) in [5.74, 6) is 0.888. The number of likely N-dealkylation sites (N-methyl/N-ethyl adjacent to an activating group) is 1. The Morgan fingerprint density at radius 1 is 1.20 bits per heavy atom. The van der Waals surface area contributed by atoms with Crippen molar-refractivity contribution in [2.24, 2.45) is 4.99 Å². The van der Waals surface area contributed by atoms with Crippen molar-refractivity contribution in [2.45, 2.75) is 13.0 Å². The van der Waals surface area contributed by atoms with Gasteiger partial charge >= 0.3 is 0 Å². The molecular formula is C19H33N5O. The molecule has 1 aliphatic heterocycles. The number of morpholine rings is 1. The third-order valence-corrected chi connectivity index (χ3v) is 4.40. The van der Waals surface area contributed by atoms with E-state index in [-0.39, 0.29) is 6.04 Å². The van der Waals surface area contributed by atoms with E-state index in [0.29, 0.717) is 0 Å². The Morgan fingerprint density at radius 3 is 2.56 bits per heavy atom. The second kappa shape index (κ2) is 11.1. The van der Waals surface area contributed by atoms with Crippen molar-refractivity contribution in [3.63, 3.8) is 0 Å². The zero-order valence-corrected chi connectivity index (χ0v) is 15.9. The van der Waals surface area contributed by atoms with Crippen LogP contribution in [0.15, 0.2) is 35.3 Å². The summed E-state index contributed by atoms with van der Waals surface area (Å²) in [7, 11) is 4.21. The van der Waals surface area contributed by atoms with Crippen LogP contribution in [0.3, 0.4) is 0 Å². The molecule has 1 atom stereocenters. The monoisotopic (exact) mass is 347 g/mol. The first-order valence-corrected chi connectivity index (χ1v) is 9.24. The molecule has 0 bridgehead atoms. The van der Waals surface area contributed by atoms with Gasteiger partial charge in [0, 0.05) is 32.7 Å². The molecule has 0 radical (unpaired) electrons. The standard InChI is InChI=1S/C19H33N5O/c1-4-20-19(21-10-11-24-12-14-25-15-13-24)22-16-18(23(2)3)17-8-6-5-7-9-17/h5-9,18H,4,10-16H2,1-3H3,(H2,20,21,22). The summed E-state index contributed by atoms with van der Waals surface area (Å²) in [4.78, 5) is 9.45. The van der Waals surface area contributed by atoms with Gasteiger partial charge in [0.15, 0.2) is 5.96 Å². The maximum absolute atomic E-state index is 5.39. The van der Waals surface area contributed by atoms with E-state index < -0.39 is 0 Å². The molecule has 0 amide bonds. The van der Waals surface area contributed by atoms with Gasteiger partial charge in [-0.1, -0.05) is 30.3 Å². The molecule has 0 saturated carbocycles. The van der Waals surface area contributed by atoms with Gasteiger partial charge in [-0.25, -0.2) is 0 Å². The molecule has 1 saturated heterocycles. The van der Waals surface area contributed by atoms with Crippen LogP contribution in [0.5, 0.6) is 0 Å². The first-order chi connectivity index (χ1) is 12.2. The van der Waals surface area contributed by atoms with E-state index in [1.807, 2.05) is 0 Å². The molecule has 1 aromatic rings. The Hall–Kier alpha value is -1.63. The number of rotatable bonds is 8. The van der Waals surface area contributed by atoms with Crippen LogP contribution in [-0.2, 0) is 4.74 Å². The second-order valence-electron chi connectivity index (χ2n) is 6.49. The molecule has 0 spiro atoms. The van der Waals surface area contributed by atoms with Gasteiger partial charge in [0.25, 0.3) is 0 Å². The molecule has 1 unspecified atom stereocenters. The lowest BCUT2D eigenvalue weighted by Gasteiger charge is -2.27. The summed E-state index contributed by atoms with van der Waals surface area (Å²) < 4.78 is 5.39. The summed E-state index contributed by atoms with van der Waals surface area (Å²) in [6.07, 6.45) is 0. The predicted octanol–water partition coefficient (Wildman–Crippen LogP) is 1.18. The maximum Gasteiger partial charge on any atom is 0.191 e.